The normalized spacial score (nSPS) is 19.1. The Hall–Kier alpha value is -4.49. The van der Waals surface area contributed by atoms with E-state index in [0.717, 1.165) is 23.4 Å². The molecule has 38 heavy (non-hydrogen) atoms. The number of halogens is 1. The van der Waals surface area contributed by atoms with Crippen molar-refractivity contribution in [2.75, 3.05) is 24.6 Å². The predicted molar refractivity (Wildman–Crippen MR) is 139 cm³/mol. The average molecular weight is 512 g/mol. The van der Waals surface area contributed by atoms with Crippen LogP contribution in [-0.4, -0.2) is 57.2 Å². The monoisotopic (exact) mass is 511 g/mol. The number of aromatic nitrogens is 3. The first kappa shape index (κ1) is 23.9. The Kier molecular flexibility index (Phi) is 5.93. The molecular weight excluding hydrogens is 485 g/mol. The molecule has 2 bridgehead atoms. The minimum atomic E-state index is -0.809. The lowest BCUT2D eigenvalue weighted by Gasteiger charge is -2.57. The molecule has 6 heterocycles. The van der Waals surface area contributed by atoms with Crippen LogP contribution in [0.3, 0.4) is 0 Å². The number of hydrogen-bond acceptors (Lipinski definition) is 7. The number of nitriles is 1. The van der Waals surface area contributed by atoms with E-state index in [-0.39, 0.29) is 23.8 Å². The van der Waals surface area contributed by atoms with Gasteiger partial charge in [-0.1, -0.05) is 12.1 Å². The second kappa shape index (κ2) is 9.43. The summed E-state index contributed by atoms with van der Waals surface area (Å²) in [5.41, 5.74) is 9.68. The van der Waals surface area contributed by atoms with Gasteiger partial charge in [0.05, 0.1) is 42.2 Å². The largest absolute Gasteiger partial charge is 0.492 e. The van der Waals surface area contributed by atoms with Gasteiger partial charge < -0.3 is 20.3 Å². The summed E-state index contributed by atoms with van der Waals surface area (Å²) in [5.74, 6) is 0.995. The first-order valence-corrected chi connectivity index (χ1v) is 12.6. The fourth-order valence-electron chi connectivity index (χ4n) is 5.51. The molecule has 7 rings (SSSR count). The summed E-state index contributed by atoms with van der Waals surface area (Å²) < 4.78 is 20.6. The molecule has 3 atom stereocenters. The number of carbonyl (C=O) groups is 1. The number of nitrogens with two attached hydrogens (primary N) is 1. The third-order valence-corrected chi connectivity index (χ3v) is 7.34. The van der Waals surface area contributed by atoms with Crippen molar-refractivity contribution >= 4 is 17.2 Å². The van der Waals surface area contributed by atoms with Gasteiger partial charge in [-0.05, 0) is 49.2 Å². The number of ether oxygens (including phenoxy) is 1. The molecule has 0 saturated carbocycles. The SMILES string of the molecule is CCOc1cc(-c2ccc(N3CC4C[C@H](C3)N4C(=O)C(N)c3ccc(F)cc3)nc2)c2c(C#N)cnn2c1. The number of pyridine rings is 2. The highest BCUT2D eigenvalue weighted by Gasteiger charge is 2.48. The number of nitrogens with zero attached hydrogens (tertiary/aromatic N) is 6. The van der Waals surface area contributed by atoms with Gasteiger partial charge >= 0.3 is 0 Å². The number of piperazine rings is 1. The van der Waals surface area contributed by atoms with Gasteiger partial charge in [0.2, 0.25) is 5.91 Å². The molecular formula is C28H26FN7O2. The number of carbonyl (C=O) groups excluding carboxylic acids is 1. The Morgan fingerprint density at radius 1 is 1.21 bits per heavy atom. The molecule has 3 aliphatic heterocycles. The molecule has 9 nitrogen and oxygen atoms in total. The molecule has 3 fully saturated rings. The van der Waals surface area contributed by atoms with E-state index in [0.29, 0.717) is 42.1 Å². The van der Waals surface area contributed by atoms with Gasteiger partial charge in [0, 0.05) is 30.4 Å². The average Bonchev–Trinajstić information content (AvgIpc) is 3.36. The van der Waals surface area contributed by atoms with Crippen LogP contribution in [0, 0.1) is 17.1 Å². The molecule has 0 spiro atoms. The van der Waals surface area contributed by atoms with Crippen molar-refractivity contribution in [1.29, 1.82) is 5.26 Å². The fraction of sp³-hybridized carbons (Fsp3) is 0.286. The topological polar surface area (TPSA) is 113 Å². The molecule has 192 valence electrons. The van der Waals surface area contributed by atoms with Gasteiger partial charge in [0.25, 0.3) is 0 Å². The van der Waals surface area contributed by atoms with Crippen LogP contribution in [0.4, 0.5) is 10.2 Å². The van der Waals surface area contributed by atoms with Crippen molar-refractivity contribution < 1.29 is 13.9 Å². The van der Waals surface area contributed by atoms with Crippen molar-refractivity contribution in [2.45, 2.75) is 31.5 Å². The molecule has 2 N–H and O–H groups in total. The van der Waals surface area contributed by atoms with Crippen LogP contribution in [0.1, 0.15) is 30.5 Å². The van der Waals surface area contributed by atoms with E-state index >= 15 is 0 Å². The molecule has 2 unspecified atom stereocenters. The smallest absolute Gasteiger partial charge is 0.244 e. The van der Waals surface area contributed by atoms with Gasteiger partial charge in [-0.3, -0.25) is 4.79 Å². The molecule has 3 saturated heterocycles. The molecule has 1 aromatic carbocycles. The van der Waals surface area contributed by atoms with Crippen LogP contribution in [-0.2, 0) is 4.79 Å². The van der Waals surface area contributed by atoms with E-state index in [9.17, 15) is 14.4 Å². The standard InChI is InChI=1S/C28H26FN7O2/c1-2-38-23-10-24(27-19(11-30)13-33-35(27)16-23)18-5-8-25(32-12-18)34-14-21-9-22(15-34)36(21)28(37)26(31)17-3-6-20(29)7-4-17/h3-8,10,12-13,16,21-22,26H,2,9,14-15,31H2,1H3/t21-,22?,26?/m1/s1. The summed E-state index contributed by atoms with van der Waals surface area (Å²) in [5, 5.41) is 13.9. The van der Waals surface area contributed by atoms with E-state index in [1.165, 1.54) is 12.1 Å². The minimum absolute atomic E-state index is 0.0571. The number of rotatable bonds is 6. The van der Waals surface area contributed by atoms with Gasteiger partial charge in [-0.2, -0.15) is 10.4 Å². The second-order valence-electron chi connectivity index (χ2n) is 9.61. The number of amides is 1. The van der Waals surface area contributed by atoms with E-state index in [4.69, 9.17) is 15.5 Å². The molecule has 0 aliphatic carbocycles. The highest BCUT2D eigenvalue weighted by molar-refractivity contribution is 5.86. The summed E-state index contributed by atoms with van der Waals surface area (Å²) in [6.45, 7) is 3.75. The van der Waals surface area contributed by atoms with Crippen molar-refractivity contribution in [3.63, 3.8) is 0 Å². The summed E-state index contributed by atoms with van der Waals surface area (Å²) in [4.78, 5) is 21.9. The highest BCUT2D eigenvalue weighted by atomic mass is 19.1. The summed E-state index contributed by atoms with van der Waals surface area (Å²) in [7, 11) is 0. The van der Waals surface area contributed by atoms with Crippen LogP contribution in [0.25, 0.3) is 16.6 Å². The molecule has 3 aliphatic rings. The first-order valence-electron chi connectivity index (χ1n) is 12.6. The first-order chi connectivity index (χ1) is 18.5. The Labute approximate surface area is 218 Å². The van der Waals surface area contributed by atoms with E-state index in [1.54, 1.807) is 35.2 Å². The zero-order chi connectivity index (χ0) is 26.4. The van der Waals surface area contributed by atoms with Gasteiger partial charge in [0.1, 0.15) is 29.5 Å². The lowest BCUT2D eigenvalue weighted by Crippen LogP contribution is -2.71. The number of fused-ring (bicyclic) bond motifs is 3. The van der Waals surface area contributed by atoms with Crippen molar-refractivity contribution in [1.82, 2.24) is 19.5 Å². The lowest BCUT2D eigenvalue weighted by atomic mass is 9.86. The number of hydrogen-bond donors (Lipinski definition) is 1. The molecule has 4 aromatic rings. The molecule has 10 heteroatoms. The predicted octanol–water partition coefficient (Wildman–Crippen LogP) is 3.30. The Morgan fingerprint density at radius 2 is 1.97 bits per heavy atom. The fourth-order valence-corrected chi connectivity index (χ4v) is 5.51. The van der Waals surface area contributed by atoms with Crippen LogP contribution in [0.15, 0.2) is 61.1 Å². The number of piperidine rings is 1. The number of anilines is 1. The number of benzene rings is 1. The van der Waals surface area contributed by atoms with Gasteiger partial charge in [-0.15, -0.1) is 0 Å². The zero-order valence-electron chi connectivity index (χ0n) is 20.8. The van der Waals surface area contributed by atoms with E-state index in [1.807, 2.05) is 30.0 Å². The van der Waals surface area contributed by atoms with Crippen LogP contribution in [0.5, 0.6) is 5.75 Å². The minimum Gasteiger partial charge on any atom is -0.492 e. The summed E-state index contributed by atoms with van der Waals surface area (Å²) in [6, 6.07) is 13.1. The van der Waals surface area contributed by atoms with Crippen LogP contribution < -0.4 is 15.4 Å². The summed E-state index contributed by atoms with van der Waals surface area (Å²) in [6.07, 6.45) is 6.03. The zero-order valence-corrected chi connectivity index (χ0v) is 20.8. The van der Waals surface area contributed by atoms with E-state index < -0.39 is 6.04 Å². The Bertz CT molecular complexity index is 1530. The van der Waals surface area contributed by atoms with Crippen LogP contribution in [0.2, 0.25) is 0 Å². The third-order valence-electron chi connectivity index (χ3n) is 7.34. The van der Waals surface area contributed by atoms with Gasteiger partial charge in [-0.25, -0.2) is 13.9 Å². The van der Waals surface area contributed by atoms with Crippen molar-refractivity contribution in [2.24, 2.45) is 5.73 Å². The summed E-state index contributed by atoms with van der Waals surface area (Å²) >= 11 is 0. The molecule has 1 amide bonds. The molecule has 0 radical (unpaired) electrons. The Morgan fingerprint density at radius 3 is 2.63 bits per heavy atom. The quantitative estimate of drug-likeness (QED) is 0.423. The highest BCUT2D eigenvalue weighted by Crippen LogP contribution is 2.37. The maximum atomic E-state index is 13.3. The third kappa shape index (κ3) is 4.01. The van der Waals surface area contributed by atoms with Crippen molar-refractivity contribution in [3.05, 3.63) is 78.0 Å². The lowest BCUT2D eigenvalue weighted by molar-refractivity contribution is -0.147. The molecule has 3 aromatic heterocycles. The van der Waals surface area contributed by atoms with Gasteiger partial charge in [0.15, 0.2) is 0 Å². The maximum Gasteiger partial charge on any atom is 0.244 e. The van der Waals surface area contributed by atoms with Crippen LogP contribution >= 0.6 is 0 Å². The van der Waals surface area contributed by atoms with E-state index in [2.05, 4.69) is 16.1 Å². The maximum absolute atomic E-state index is 13.3. The van der Waals surface area contributed by atoms with Crippen molar-refractivity contribution in [3.8, 4) is 22.9 Å². The second-order valence-corrected chi connectivity index (χ2v) is 9.61. The Balaban J connectivity index is 1.20.